The van der Waals surface area contributed by atoms with Crippen LogP contribution in [-0.2, 0) is 13.5 Å². The Morgan fingerprint density at radius 3 is 2.36 bits per heavy atom. The molecule has 0 fully saturated rings. The number of benzene rings is 3. The quantitative estimate of drug-likeness (QED) is 0.158. The van der Waals surface area contributed by atoms with Gasteiger partial charge in [-0.15, -0.1) is 0 Å². The summed E-state index contributed by atoms with van der Waals surface area (Å²) in [5, 5.41) is 12.7. The molecule has 7 rings (SSSR count). The zero-order valence-corrected chi connectivity index (χ0v) is 30.3. The fourth-order valence-corrected chi connectivity index (χ4v) is 7.95. The van der Waals surface area contributed by atoms with Crippen molar-refractivity contribution in [2.75, 3.05) is 18.1 Å². The zero-order chi connectivity index (χ0) is 35.6. The van der Waals surface area contributed by atoms with Crippen LogP contribution in [0.5, 0.6) is 5.75 Å². The fraction of sp³-hybridized carbons (Fsp3) is 0.282. The number of rotatable bonds is 8. The van der Waals surface area contributed by atoms with Crippen LogP contribution in [0.15, 0.2) is 55.0 Å². The van der Waals surface area contributed by atoms with Gasteiger partial charge in [0.1, 0.15) is 17.8 Å². The molecule has 1 aliphatic rings. The molecule has 0 unspecified atom stereocenters. The highest BCUT2D eigenvalue weighted by Crippen LogP contribution is 2.45. The Kier molecular flexibility index (Phi) is 8.60. The maximum absolute atomic E-state index is 15.0. The van der Waals surface area contributed by atoms with Crippen molar-refractivity contribution in [3.8, 4) is 16.9 Å². The molecule has 9 nitrogen and oxygen atoms in total. The highest BCUT2D eigenvalue weighted by molar-refractivity contribution is 6.35. The second-order valence-corrected chi connectivity index (χ2v) is 13.9. The van der Waals surface area contributed by atoms with Gasteiger partial charge in [-0.3, -0.25) is 4.79 Å². The summed E-state index contributed by atoms with van der Waals surface area (Å²) in [6.45, 7) is 10.7. The summed E-state index contributed by atoms with van der Waals surface area (Å²) in [5.41, 5.74) is 9.07. The van der Waals surface area contributed by atoms with Crippen LogP contribution < -0.4 is 9.64 Å². The molecule has 0 saturated carbocycles. The Morgan fingerprint density at radius 2 is 1.68 bits per heavy atom. The molecule has 4 heterocycles. The van der Waals surface area contributed by atoms with E-state index in [4.69, 9.17) is 27.9 Å². The molecule has 0 spiro atoms. The molecule has 1 amide bonds. The second-order valence-electron chi connectivity index (χ2n) is 13.2. The van der Waals surface area contributed by atoms with Crippen LogP contribution in [0.1, 0.15) is 68.3 Å². The molecule has 0 radical (unpaired) electrons. The summed E-state index contributed by atoms with van der Waals surface area (Å²) in [7, 11) is 1.81. The van der Waals surface area contributed by atoms with Crippen LogP contribution in [0.2, 0.25) is 10.0 Å². The largest absolute Gasteiger partial charge is 0.494 e. The van der Waals surface area contributed by atoms with E-state index in [0.29, 0.717) is 53.3 Å². The van der Waals surface area contributed by atoms with E-state index >= 15 is 0 Å². The lowest BCUT2D eigenvalue weighted by atomic mass is 9.97. The zero-order valence-electron chi connectivity index (χ0n) is 28.8. The molecular weight excluding hydrogens is 673 g/mol. The van der Waals surface area contributed by atoms with Gasteiger partial charge in [0, 0.05) is 64.1 Å². The first-order valence-electron chi connectivity index (χ1n) is 16.6. The number of carbonyl (C=O) groups excluding carboxylic acids is 1. The smallest absolute Gasteiger partial charge is 0.337 e. The number of halogens is 2. The summed E-state index contributed by atoms with van der Waals surface area (Å²) < 4.78 is 10.1. The van der Waals surface area contributed by atoms with E-state index in [2.05, 4.69) is 21.5 Å². The molecule has 0 bridgehead atoms. The molecular formula is C39H37Cl2N5O4. The first kappa shape index (κ1) is 33.6. The third-order valence-corrected chi connectivity index (χ3v) is 10.7. The van der Waals surface area contributed by atoms with E-state index in [1.165, 1.54) is 0 Å². The van der Waals surface area contributed by atoms with E-state index in [9.17, 15) is 14.7 Å². The number of anilines is 1. The Hall–Kier alpha value is -4.86. The van der Waals surface area contributed by atoms with E-state index in [0.717, 1.165) is 60.9 Å². The predicted molar refractivity (Wildman–Crippen MR) is 198 cm³/mol. The maximum Gasteiger partial charge on any atom is 0.337 e. The van der Waals surface area contributed by atoms with Gasteiger partial charge < -0.3 is 23.9 Å². The summed E-state index contributed by atoms with van der Waals surface area (Å²) in [4.78, 5) is 37.8. The third-order valence-electron chi connectivity index (χ3n) is 9.78. The first-order valence-corrected chi connectivity index (χ1v) is 17.3. The third kappa shape index (κ3) is 5.40. The van der Waals surface area contributed by atoms with Gasteiger partial charge in [0.25, 0.3) is 5.91 Å². The van der Waals surface area contributed by atoms with Crippen LogP contribution in [0.4, 0.5) is 5.69 Å². The molecule has 11 heteroatoms. The lowest BCUT2D eigenvalue weighted by Gasteiger charge is -2.35. The SMILES string of the molecule is Cc1cc(OCCCc2c3n(c4c(-c5c(C)ncnc5C)c(Cl)ccc24)[C@H](C)CN(c2cccc4c(C(=O)O)cn(C)c24)C3=O)cc(C)c1Cl. The number of ether oxygens (including phenoxy) is 1. The normalized spacial score (nSPS) is 14.5. The van der Waals surface area contributed by atoms with Gasteiger partial charge in [0.05, 0.1) is 33.9 Å². The number of para-hydroxylation sites is 1. The van der Waals surface area contributed by atoms with Gasteiger partial charge in [-0.25, -0.2) is 14.8 Å². The highest BCUT2D eigenvalue weighted by atomic mass is 35.5. The molecule has 1 aliphatic heterocycles. The molecule has 1 atom stereocenters. The van der Waals surface area contributed by atoms with Crippen molar-refractivity contribution < 1.29 is 19.4 Å². The number of carboxylic acids is 1. The molecule has 50 heavy (non-hydrogen) atoms. The number of amides is 1. The maximum atomic E-state index is 15.0. The predicted octanol–water partition coefficient (Wildman–Crippen LogP) is 9.06. The number of carbonyl (C=O) groups is 2. The Bertz CT molecular complexity index is 2330. The Labute approximate surface area is 300 Å². The van der Waals surface area contributed by atoms with Crippen molar-refractivity contribution in [1.29, 1.82) is 0 Å². The molecule has 0 saturated heterocycles. The molecule has 256 valence electrons. The Balaban J connectivity index is 1.38. The minimum atomic E-state index is -1.01. The van der Waals surface area contributed by atoms with E-state index < -0.39 is 5.97 Å². The topological polar surface area (TPSA) is 102 Å². The average molecular weight is 711 g/mol. The van der Waals surface area contributed by atoms with Crippen LogP contribution in [-0.4, -0.2) is 49.2 Å². The number of aromatic nitrogens is 4. The number of aromatic carboxylic acids is 1. The van der Waals surface area contributed by atoms with E-state index in [1.807, 2.05) is 71.1 Å². The second kappa shape index (κ2) is 12.8. The van der Waals surface area contributed by atoms with Crippen LogP contribution >= 0.6 is 23.2 Å². The minimum Gasteiger partial charge on any atom is -0.494 e. The number of fused-ring (bicyclic) bond motifs is 4. The highest BCUT2D eigenvalue weighted by Gasteiger charge is 2.37. The standard InChI is InChI=1S/C39H37Cl2N5O4/c1-20-15-25(16-21(2)34(20)41)50-14-8-10-26-28-12-13-30(40)33(32-23(4)42-19-43-24(32)5)36(28)46-22(3)17-45(38(47)37(26)46)31-11-7-9-27-29(39(48)49)18-44(6)35(27)31/h7,9,11-13,15-16,18-19,22H,8,10,14,17H2,1-6H3,(H,48,49)/t22-/m1/s1. The van der Waals surface area contributed by atoms with Gasteiger partial charge in [-0.2, -0.15) is 0 Å². The minimum absolute atomic E-state index is 0.160. The fourth-order valence-electron chi connectivity index (χ4n) is 7.59. The monoisotopic (exact) mass is 709 g/mol. The van der Waals surface area contributed by atoms with Gasteiger partial charge in [-0.05, 0) is 88.4 Å². The summed E-state index contributed by atoms with van der Waals surface area (Å²) in [6, 6.07) is 13.1. The van der Waals surface area contributed by atoms with Gasteiger partial charge in [0.2, 0.25) is 0 Å². The van der Waals surface area contributed by atoms with Crippen LogP contribution in [0.25, 0.3) is 32.9 Å². The summed E-state index contributed by atoms with van der Waals surface area (Å²) in [5.74, 6) is -0.423. The average Bonchev–Trinajstić information content (AvgIpc) is 3.60. The molecule has 0 aliphatic carbocycles. The Morgan fingerprint density at radius 1 is 0.980 bits per heavy atom. The van der Waals surface area contributed by atoms with Crippen molar-refractivity contribution in [3.63, 3.8) is 0 Å². The van der Waals surface area contributed by atoms with Crippen molar-refractivity contribution in [2.24, 2.45) is 7.05 Å². The van der Waals surface area contributed by atoms with Gasteiger partial charge >= 0.3 is 5.97 Å². The van der Waals surface area contributed by atoms with E-state index in [1.54, 1.807) is 28.1 Å². The summed E-state index contributed by atoms with van der Waals surface area (Å²) in [6.07, 6.45) is 4.36. The number of aryl methyl sites for hydroxylation is 6. The van der Waals surface area contributed by atoms with Crippen LogP contribution in [0, 0.1) is 27.7 Å². The molecule has 3 aromatic carbocycles. The van der Waals surface area contributed by atoms with Gasteiger partial charge in [0.15, 0.2) is 0 Å². The molecule has 3 aromatic heterocycles. The number of carboxylic acid groups (broad SMARTS) is 1. The van der Waals surface area contributed by atoms with Crippen molar-refractivity contribution in [1.82, 2.24) is 19.1 Å². The van der Waals surface area contributed by atoms with Crippen molar-refractivity contribution >= 4 is 62.6 Å². The number of hydrogen-bond donors (Lipinski definition) is 1. The summed E-state index contributed by atoms with van der Waals surface area (Å²) >= 11 is 13.4. The molecule has 1 N–H and O–H groups in total. The van der Waals surface area contributed by atoms with Crippen molar-refractivity contribution in [2.45, 2.75) is 53.5 Å². The van der Waals surface area contributed by atoms with Gasteiger partial charge in [-0.1, -0.05) is 41.4 Å². The lowest BCUT2D eigenvalue weighted by Crippen LogP contribution is -2.43. The lowest BCUT2D eigenvalue weighted by molar-refractivity contribution is 0.0698. The number of hydrogen-bond acceptors (Lipinski definition) is 5. The van der Waals surface area contributed by atoms with Crippen LogP contribution in [0.3, 0.4) is 0 Å². The van der Waals surface area contributed by atoms with E-state index in [-0.39, 0.29) is 17.5 Å². The first-order chi connectivity index (χ1) is 23.9. The molecule has 6 aromatic rings. The number of nitrogens with zero attached hydrogens (tertiary/aromatic N) is 5. The van der Waals surface area contributed by atoms with Crippen molar-refractivity contribution in [3.05, 3.63) is 104 Å².